The molecule has 0 saturated heterocycles. The summed E-state index contributed by atoms with van der Waals surface area (Å²) in [4.78, 5) is 35.5. The molecule has 1 fully saturated rings. The molecule has 1 saturated carbocycles. The number of alkyl halides is 3. The van der Waals surface area contributed by atoms with Crippen LogP contribution in [0.3, 0.4) is 0 Å². The van der Waals surface area contributed by atoms with Crippen LogP contribution in [0, 0.1) is 0 Å². The van der Waals surface area contributed by atoms with Gasteiger partial charge in [0.25, 0.3) is 5.91 Å². The molecule has 0 unspecified atom stereocenters. The number of urea groups is 1. The largest absolute Gasteiger partial charge is 0.482 e. The van der Waals surface area contributed by atoms with Crippen molar-refractivity contribution in [3.63, 3.8) is 0 Å². The number of esters is 1. The molecule has 1 aromatic carbocycles. The van der Waals surface area contributed by atoms with Crippen LogP contribution in [-0.2, 0) is 20.5 Å². The molecule has 1 aliphatic rings. The molecule has 0 spiro atoms. The van der Waals surface area contributed by atoms with Gasteiger partial charge in [-0.3, -0.25) is 10.1 Å². The van der Waals surface area contributed by atoms with E-state index in [0.29, 0.717) is 0 Å². The van der Waals surface area contributed by atoms with E-state index in [1.807, 2.05) is 0 Å². The zero-order chi connectivity index (χ0) is 21.4. The normalized spacial score (nSPS) is 15.9. The summed E-state index contributed by atoms with van der Waals surface area (Å²) >= 11 is 0. The first-order chi connectivity index (χ1) is 13.6. The van der Waals surface area contributed by atoms with Crippen molar-refractivity contribution in [2.45, 2.75) is 57.3 Å². The molecule has 1 aromatic rings. The third kappa shape index (κ3) is 7.63. The van der Waals surface area contributed by atoms with Crippen molar-refractivity contribution in [2.24, 2.45) is 0 Å². The molecule has 0 bridgehead atoms. The zero-order valence-electron chi connectivity index (χ0n) is 15.9. The first-order valence-electron chi connectivity index (χ1n) is 9.26. The van der Waals surface area contributed by atoms with Gasteiger partial charge in [0.15, 0.2) is 12.7 Å². The lowest BCUT2D eigenvalue weighted by Gasteiger charge is -2.23. The van der Waals surface area contributed by atoms with Crippen LogP contribution in [0.1, 0.15) is 44.6 Å². The summed E-state index contributed by atoms with van der Waals surface area (Å²) in [6, 6.07) is 3.37. The van der Waals surface area contributed by atoms with Gasteiger partial charge in [0.2, 0.25) is 0 Å². The quantitative estimate of drug-likeness (QED) is 0.695. The molecular formula is C19H23F3N2O5. The number of halogens is 3. The molecule has 3 amide bonds. The average Bonchev–Trinajstić information content (AvgIpc) is 2.66. The number of imide groups is 1. The second-order valence-electron chi connectivity index (χ2n) is 6.74. The molecule has 1 aliphatic carbocycles. The van der Waals surface area contributed by atoms with Gasteiger partial charge in [0.05, 0.1) is 5.56 Å². The predicted molar refractivity (Wildman–Crippen MR) is 96.0 cm³/mol. The fourth-order valence-corrected chi connectivity index (χ4v) is 2.87. The highest BCUT2D eigenvalue weighted by molar-refractivity contribution is 5.97. The Bertz CT molecular complexity index is 733. The Morgan fingerprint density at radius 3 is 2.52 bits per heavy atom. The molecule has 7 nitrogen and oxygen atoms in total. The lowest BCUT2D eigenvalue weighted by atomic mass is 9.96. The molecule has 0 aromatic heterocycles. The SMILES string of the molecule is C[C@H](OC(=O)COc1cccc(C(F)(F)F)c1)C(=O)NC(=O)NC1CCCCC1. The maximum Gasteiger partial charge on any atom is 0.416 e. The van der Waals surface area contributed by atoms with Gasteiger partial charge >= 0.3 is 18.2 Å². The molecular weight excluding hydrogens is 393 g/mol. The number of rotatable bonds is 6. The highest BCUT2D eigenvalue weighted by atomic mass is 19.4. The summed E-state index contributed by atoms with van der Waals surface area (Å²) in [5, 5.41) is 4.79. The Morgan fingerprint density at radius 2 is 1.86 bits per heavy atom. The number of carbonyl (C=O) groups is 3. The van der Waals surface area contributed by atoms with Gasteiger partial charge in [-0.2, -0.15) is 13.2 Å². The Morgan fingerprint density at radius 1 is 1.17 bits per heavy atom. The van der Waals surface area contributed by atoms with Crippen LogP contribution in [-0.4, -0.2) is 36.7 Å². The lowest BCUT2D eigenvalue weighted by Crippen LogP contribution is -2.48. The van der Waals surface area contributed by atoms with E-state index in [1.165, 1.54) is 13.0 Å². The Hall–Kier alpha value is -2.78. The van der Waals surface area contributed by atoms with Crippen molar-refractivity contribution >= 4 is 17.9 Å². The average molecular weight is 416 g/mol. The predicted octanol–water partition coefficient (Wildman–Crippen LogP) is 3.17. The summed E-state index contributed by atoms with van der Waals surface area (Å²) in [5.74, 6) is -1.94. The number of hydrogen-bond donors (Lipinski definition) is 2. The minimum atomic E-state index is -4.54. The van der Waals surface area contributed by atoms with Gasteiger partial charge in [-0.1, -0.05) is 25.3 Å². The first-order valence-corrected chi connectivity index (χ1v) is 9.26. The van der Waals surface area contributed by atoms with Crippen molar-refractivity contribution in [1.29, 1.82) is 0 Å². The maximum absolute atomic E-state index is 12.7. The van der Waals surface area contributed by atoms with Crippen molar-refractivity contribution in [1.82, 2.24) is 10.6 Å². The minimum absolute atomic E-state index is 0.00951. The maximum atomic E-state index is 12.7. The monoisotopic (exact) mass is 416 g/mol. The summed E-state index contributed by atoms with van der Waals surface area (Å²) in [5.41, 5.74) is -0.917. The number of ether oxygens (including phenoxy) is 2. The second kappa shape index (κ2) is 10.1. The highest BCUT2D eigenvalue weighted by Crippen LogP contribution is 2.31. The standard InChI is InChI=1S/C19H23F3N2O5/c1-12(17(26)24-18(27)23-14-7-3-2-4-8-14)29-16(25)11-28-15-9-5-6-13(10-15)19(20,21)22/h5-6,9-10,12,14H,2-4,7-8,11H2,1H3,(H2,23,24,26,27)/t12-/m0/s1. The number of carbonyl (C=O) groups excluding carboxylic acids is 3. The topological polar surface area (TPSA) is 93.7 Å². The third-order valence-electron chi connectivity index (χ3n) is 4.37. The fourth-order valence-electron chi connectivity index (χ4n) is 2.87. The molecule has 0 heterocycles. The van der Waals surface area contributed by atoms with Crippen LogP contribution < -0.4 is 15.4 Å². The Kier molecular flexibility index (Phi) is 7.86. The van der Waals surface area contributed by atoms with Gasteiger partial charge < -0.3 is 14.8 Å². The zero-order valence-corrected chi connectivity index (χ0v) is 15.9. The minimum Gasteiger partial charge on any atom is -0.482 e. The molecule has 2 N–H and O–H groups in total. The molecule has 0 aliphatic heterocycles. The van der Waals surface area contributed by atoms with Crippen LogP contribution in [0.25, 0.3) is 0 Å². The van der Waals surface area contributed by atoms with E-state index in [2.05, 4.69) is 10.6 Å². The first kappa shape index (κ1) is 22.5. The van der Waals surface area contributed by atoms with E-state index in [0.717, 1.165) is 50.3 Å². The summed E-state index contributed by atoms with van der Waals surface area (Å²) in [6.07, 6.45) is -0.973. The number of amides is 3. The van der Waals surface area contributed by atoms with E-state index in [1.54, 1.807) is 0 Å². The fraction of sp³-hybridized carbons (Fsp3) is 0.526. The third-order valence-corrected chi connectivity index (χ3v) is 4.37. The van der Waals surface area contributed by atoms with E-state index in [-0.39, 0.29) is 11.8 Å². The van der Waals surface area contributed by atoms with Gasteiger partial charge in [0, 0.05) is 6.04 Å². The summed E-state index contributed by atoms with van der Waals surface area (Å²) in [7, 11) is 0. The number of benzene rings is 1. The van der Waals surface area contributed by atoms with Crippen molar-refractivity contribution in [2.75, 3.05) is 6.61 Å². The van der Waals surface area contributed by atoms with Crippen LogP contribution in [0.2, 0.25) is 0 Å². The highest BCUT2D eigenvalue weighted by Gasteiger charge is 2.30. The number of nitrogens with one attached hydrogen (secondary N) is 2. The van der Waals surface area contributed by atoms with Crippen LogP contribution >= 0.6 is 0 Å². The number of hydrogen-bond acceptors (Lipinski definition) is 5. The van der Waals surface area contributed by atoms with E-state index in [4.69, 9.17) is 9.47 Å². The van der Waals surface area contributed by atoms with E-state index < -0.39 is 42.4 Å². The second-order valence-corrected chi connectivity index (χ2v) is 6.74. The molecule has 0 radical (unpaired) electrons. The Labute approximate surface area is 165 Å². The molecule has 29 heavy (non-hydrogen) atoms. The summed E-state index contributed by atoms with van der Waals surface area (Å²) in [6.45, 7) is 0.582. The van der Waals surface area contributed by atoms with Gasteiger partial charge in [-0.15, -0.1) is 0 Å². The summed E-state index contributed by atoms with van der Waals surface area (Å²) < 4.78 is 47.8. The van der Waals surface area contributed by atoms with E-state index in [9.17, 15) is 27.6 Å². The molecule has 10 heteroatoms. The van der Waals surface area contributed by atoms with E-state index >= 15 is 0 Å². The van der Waals surface area contributed by atoms with Crippen molar-refractivity contribution < 1.29 is 37.0 Å². The van der Waals surface area contributed by atoms with Gasteiger partial charge in [-0.25, -0.2) is 9.59 Å². The molecule has 1 atom stereocenters. The van der Waals surface area contributed by atoms with Crippen LogP contribution in [0.15, 0.2) is 24.3 Å². The van der Waals surface area contributed by atoms with Crippen molar-refractivity contribution in [3.8, 4) is 5.75 Å². The van der Waals surface area contributed by atoms with Crippen LogP contribution in [0.5, 0.6) is 5.75 Å². The molecule has 160 valence electrons. The van der Waals surface area contributed by atoms with Gasteiger partial charge in [-0.05, 0) is 38.0 Å². The van der Waals surface area contributed by atoms with Crippen molar-refractivity contribution in [3.05, 3.63) is 29.8 Å². The smallest absolute Gasteiger partial charge is 0.416 e. The van der Waals surface area contributed by atoms with Gasteiger partial charge in [0.1, 0.15) is 5.75 Å². The molecule has 2 rings (SSSR count). The Balaban J connectivity index is 1.75. The van der Waals surface area contributed by atoms with Crippen LogP contribution in [0.4, 0.5) is 18.0 Å². The lowest BCUT2D eigenvalue weighted by molar-refractivity contribution is -0.156.